The summed E-state index contributed by atoms with van der Waals surface area (Å²) in [5.41, 5.74) is 2.44. The average molecular weight is 676 g/mol. The Morgan fingerprint density at radius 3 is 2.45 bits per heavy atom. The SMILES string of the molecule is CCc1ccc(-c2oc3nc(N(CCCCCOP(C)(=O)CC)S(C)(=O)=O)c(I)cc3c2C(=O)NC)cc1. The van der Waals surface area contributed by atoms with Crippen molar-refractivity contribution >= 4 is 62.8 Å². The van der Waals surface area contributed by atoms with E-state index in [0.717, 1.165) is 23.8 Å². The van der Waals surface area contributed by atoms with Crippen LogP contribution in [0.1, 0.15) is 49.0 Å². The summed E-state index contributed by atoms with van der Waals surface area (Å²) in [5, 5.41) is 3.18. The predicted octanol–water partition coefficient (Wildman–Crippen LogP) is 5.90. The van der Waals surface area contributed by atoms with E-state index in [1.807, 2.05) is 53.8 Å². The van der Waals surface area contributed by atoms with Crippen LogP contribution in [0.4, 0.5) is 5.82 Å². The number of fused-ring (bicyclic) bond motifs is 1. The summed E-state index contributed by atoms with van der Waals surface area (Å²) in [6.07, 6.45) is 4.47. The zero-order valence-corrected chi connectivity index (χ0v) is 26.3. The molecule has 1 N–H and O–H groups in total. The van der Waals surface area contributed by atoms with Crippen molar-refractivity contribution in [2.75, 3.05) is 43.6 Å². The number of halogens is 1. The minimum atomic E-state index is -3.64. The molecule has 0 aliphatic carbocycles. The molecule has 2 heterocycles. The van der Waals surface area contributed by atoms with Gasteiger partial charge in [-0.2, -0.15) is 4.98 Å². The van der Waals surface area contributed by atoms with Crippen LogP contribution in [0.25, 0.3) is 22.4 Å². The maximum absolute atomic E-state index is 12.9. The second-order valence-electron chi connectivity index (χ2n) is 9.14. The Morgan fingerprint density at radius 2 is 1.87 bits per heavy atom. The lowest BCUT2D eigenvalue weighted by atomic mass is 10.0. The highest BCUT2D eigenvalue weighted by atomic mass is 127. The standard InChI is InChI=1S/C26H35IN3O6PS/c1-6-18-11-13-19(14-12-18)23-22(25(31)28-3)20-17-21(27)24(29-26(20)36-23)30(38(5,33)34)15-9-8-10-16-35-37(4,32)7-2/h11-14,17H,6-10,15-16H2,1-5H3,(H,28,31). The molecule has 9 nitrogen and oxygen atoms in total. The van der Waals surface area contributed by atoms with Crippen molar-refractivity contribution in [3.8, 4) is 11.3 Å². The number of sulfonamides is 1. The van der Waals surface area contributed by atoms with Crippen LogP contribution in [0.2, 0.25) is 0 Å². The molecule has 1 amide bonds. The quantitative estimate of drug-likeness (QED) is 0.136. The number of aryl methyl sites for hydroxylation is 1. The molecule has 0 aliphatic heterocycles. The first-order valence-electron chi connectivity index (χ1n) is 12.5. The minimum Gasteiger partial charge on any atom is -0.437 e. The van der Waals surface area contributed by atoms with Gasteiger partial charge in [0.1, 0.15) is 5.76 Å². The fraction of sp³-hybridized carbons (Fsp3) is 0.462. The van der Waals surface area contributed by atoms with Crippen molar-refractivity contribution < 1.29 is 26.7 Å². The number of aromatic nitrogens is 1. The third-order valence-electron chi connectivity index (χ3n) is 6.28. The van der Waals surface area contributed by atoms with Crippen LogP contribution in [0.5, 0.6) is 0 Å². The van der Waals surface area contributed by atoms with Crippen molar-refractivity contribution in [1.29, 1.82) is 0 Å². The van der Waals surface area contributed by atoms with E-state index in [4.69, 9.17) is 8.94 Å². The summed E-state index contributed by atoms with van der Waals surface area (Å²) < 4.78 is 50.9. The number of pyridine rings is 1. The van der Waals surface area contributed by atoms with Gasteiger partial charge >= 0.3 is 0 Å². The molecule has 3 aromatic rings. The number of anilines is 1. The Hall–Kier alpha value is -1.95. The van der Waals surface area contributed by atoms with Crippen molar-refractivity contribution in [1.82, 2.24) is 10.3 Å². The van der Waals surface area contributed by atoms with Gasteiger partial charge < -0.3 is 14.3 Å². The molecule has 38 heavy (non-hydrogen) atoms. The lowest BCUT2D eigenvalue weighted by Crippen LogP contribution is -2.32. The van der Waals surface area contributed by atoms with Gasteiger partial charge in [-0.3, -0.25) is 13.7 Å². The van der Waals surface area contributed by atoms with Gasteiger partial charge in [0.25, 0.3) is 5.91 Å². The Labute approximate surface area is 238 Å². The zero-order valence-electron chi connectivity index (χ0n) is 22.4. The van der Waals surface area contributed by atoms with Crippen molar-refractivity contribution in [2.24, 2.45) is 0 Å². The molecule has 208 valence electrons. The van der Waals surface area contributed by atoms with Gasteiger partial charge in [0.15, 0.2) is 13.2 Å². The van der Waals surface area contributed by atoms with Crippen LogP contribution in [0.3, 0.4) is 0 Å². The molecule has 0 saturated carbocycles. The van der Waals surface area contributed by atoms with E-state index in [9.17, 15) is 17.8 Å². The Bertz CT molecular complexity index is 1440. The van der Waals surface area contributed by atoms with Crippen LogP contribution in [-0.4, -0.2) is 58.6 Å². The Balaban J connectivity index is 1.93. The number of carbonyl (C=O) groups excluding carboxylic acids is 1. The summed E-state index contributed by atoms with van der Waals surface area (Å²) in [6.45, 7) is 6.12. The highest BCUT2D eigenvalue weighted by Gasteiger charge is 2.27. The normalized spacial score (nSPS) is 13.4. The maximum Gasteiger partial charge on any atom is 0.255 e. The molecule has 2 aromatic heterocycles. The van der Waals surface area contributed by atoms with Crippen molar-refractivity contribution in [3.63, 3.8) is 0 Å². The summed E-state index contributed by atoms with van der Waals surface area (Å²) in [6, 6.07) is 9.51. The first kappa shape index (κ1) is 30.6. The van der Waals surface area contributed by atoms with Crippen LogP contribution in [-0.2, 0) is 25.5 Å². The van der Waals surface area contributed by atoms with Gasteiger partial charge in [-0.1, -0.05) is 38.1 Å². The first-order chi connectivity index (χ1) is 17.9. The highest BCUT2D eigenvalue weighted by molar-refractivity contribution is 14.1. The molecule has 1 aromatic carbocycles. The first-order valence-corrected chi connectivity index (χ1v) is 17.7. The van der Waals surface area contributed by atoms with Gasteiger partial charge in [-0.15, -0.1) is 0 Å². The van der Waals surface area contributed by atoms with E-state index >= 15 is 0 Å². The molecule has 0 bridgehead atoms. The lowest BCUT2D eigenvalue weighted by Gasteiger charge is -2.22. The molecule has 0 saturated heterocycles. The van der Waals surface area contributed by atoms with Crippen molar-refractivity contribution in [2.45, 2.75) is 39.5 Å². The molecule has 1 unspecified atom stereocenters. The van der Waals surface area contributed by atoms with Crippen LogP contribution >= 0.6 is 30.0 Å². The Kier molecular flexibility index (Phi) is 10.4. The molecule has 0 spiro atoms. The topological polar surface area (TPSA) is 119 Å². The van der Waals surface area contributed by atoms with Gasteiger partial charge in [0, 0.05) is 32.0 Å². The zero-order chi connectivity index (χ0) is 28.1. The number of benzene rings is 1. The summed E-state index contributed by atoms with van der Waals surface area (Å²) in [4.78, 5) is 17.5. The number of rotatable bonds is 13. The number of unbranched alkanes of at least 4 members (excludes halogenated alkanes) is 2. The molecule has 0 aliphatic rings. The van der Waals surface area contributed by atoms with Gasteiger partial charge in [0.05, 0.1) is 27.4 Å². The number of nitrogens with one attached hydrogen (secondary N) is 1. The fourth-order valence-electron chi connectivity index (χ4n) is 3.92. The minimum absolute atomic E-state index is 0.189. The van der Waals surface area contributed by atoms with E-state index in [2.05, 4.69) is 17.2 Å². The number of hydrogen-bond donors (Lipinski definition) is 1. The number of nitrogens with zero attached hydrogens (tertiary/aromatic N) is 2. The molecule has 12 heteroatoms. The summed E-state index contributed by atoms with van der Waals surface area (Å²) in [7, 11) is -4.63. The van der Waals surface area contributed by atoms with E-state index in [-0.39, 0.29) is 24.0 Å². The van der Waals surface area contributed by atoms with Crippen LogP contribution in [0, 0.1) is 3.57 Å². The van der Waals surface area contributed by atoms with Crippen LogP contribution < -0.4 is 9.62 Å². The summed E-state index contributed by atoms with van der Waals surface area (Å²) in [5.74, 6) is 0.324. The third kappa shape index (κ3) is 7.37. The lowest BCUT2D eigenvalue weighted by molar-refractivity contribution is 0.0964. The molecule has 1 atom stereocenters. The molecule has 0 radical (unpaired) electrons. The third-order valence-corrected chi connectivity index (χ3v) is 10.1. The smallest absolute Gasteiger partial charge is 0.255 e. The predicted molar refractivity (Wildman–Crippen MR) is 161 cm³/mol. The molecule has 3 rings (SSSR count). The second-order valence-corrected chi connectivity index (χ2v) is 15.1. The van der Waals surface area contributed by atoms with Gasteiger partial charge in [0.2, 0.25) is 15.7 Å². The van der Waals surface area contributed by atoms with E-state index in [1.165, 1.54) is 4.31 Å². The van der Waals surface area contributed by atoms with Gasteiger partial charge in [-0.25, -0.2) is 8.42 Å². The van der Waals surface area contributed by atoms with E-state index < -0.39 is 17.4 Å². The molecular weight excluding hydrogens is 640 g/mol. The van der Waals surface area contributed by atoms with Crippen LogP contribution in [0.15, 0.2) is 34.7 Å². The van der Waals surface area contributed by atoms with Gasteiger partial charge in [-0.05, 0) is 59.9 Å². The Morgan fingerprint density at radius 1 is 1.18 bits per heavy atom. The second kappa shape index (κ2) is 12.9. The number of hydrogen-bond acceptors (Lipinski definition) is 7. The number of furan rings is 1. The average Bonchev–Trinajstić information content (AvgIpc) is 3.24. The largest absolute Gasteiger partial charge is 0.437 e. The molecular formula is C26H35IN3O6PS. The van der Waals surface area contributed by atoms with E-state index in [1.54, 1.807) is 19.8 Å². The van der Waals surface area contributed by atoms with Crippen molar-refractivity contribution in [3.05, 3.63) is 45.0 Å². The van der Waals surface area contributed by atoms with E-state index in [0.29, 0.717) is 52.3 Å². The molecule has 0 fully saturated rings. The monoisotopic (exact) mass is 675 g/mol. The summed E-state index contributed by atoms with van der Waals surface area (Å²) >= 11 is 2.04. The maximum atomic E-state index is 12.9. The highest BCUT2D eigenvalue weighted by Crippen LogP contribution is 2.41. The fourth-order valence-corrected chi connectivity index (χ4v) is 6.42. The number of carbonyl (C=O) groups is 1. The number of amides is 1.